The predicted octanol–water partition coefficient (Wildman–Crippen LogP) is -2.54. The molecule has 40 valence electrons. The molecule has 0 saturated heterocycles. The van der Waals surface area contributed by atoms with Crippen molar-refractivity contribution in [2.75, 3.05) is 0 Å². The third-order valence-electron chi connectivity index (χ3n) is 1.40. The first-order valence-electron chi connectivity index (χ1n) is 2.63. The Hall–Kier alpha value is 0.297. The maximum Gasteiger partial charge on any atom is 1.00 e. The van der Waals surface area contributed by atoms with Gasteiger partial charge in [0.1, 0.15) is 0 Å². The normalized spacial score (nSPS) is 26.8. The number of allylic oxidation sites excluding steroid dienone is 1. The molecule has 2 heteroatoms. The smallest absolute Gasteiger partial charge is 0.849 e. The third kappa shape index (κ3) is 1.67. The van der Waals surface area contributed by atoms with Crippen molar-refractivity contribution in [1.29, 1.82) is 0 Å². The monoisotopic (exact) mass is 104 g/mol. The summed E-state index contributed by atoms with van der Waals surface area (Å²) in [4.78, 5) is 0. The molecule has 1 aliphatic carbocycles. The van der Waals surface area contributed by atoms with Crippen LogP contribution in [-0.2, 0) is 0 Å². The zero-order valence-electron chi connectivity index (χ0n) is 5.48. The van der Waals surface area contributed by atoms with Crippen molar-refractivity contribution in [1.82, 2.24) is 0 Å². The van der Waals surface area contributed by atoms with Crippen molar-refractivity contribution in [2.45, 2.75) is 25.9 Å². The summed E-state index contributed by atoms with van der Waals surface area (Å²) in [6, 6.07) is 0. The number of hydrogen-bond acceptors (Lipinski definition) is 1. The van der Waals surface area contributed by atoms with Crippen molar-refractivity contribution in [2.24, 2.45) is 0 Å². The molecule has 0 aliphatic heterocycles. The summed E-state index contributed by atoms with van der Waals surface area (Å²) in [5, 5.41) is 10.6. The van der Waals surface area contributed by atoms with E-state index in [1.165, 1.54) is 0 Å². The van der Waals surface area contributed by atoms with Gasteiger partial charge in [-0.15, -0.1) is 6.10 Å². The van der Waals surface area contributed by atoms with Gasteiger partial charge in [0.15, 0.2) is 0 Å². The molecule has 0 amide bonds. The molecule has 1 rings (SSSR count). The molecule has 1 nitrogen and oxygen atoms in total. The summed E-state index contributed by atoms with van der Waals surface area (Å²) in [6.07, 6.45) is 3.48. The largest absolute Gasteiger partial charge is 1.00 e. The molecule has 0 bridgehead atoms. The minimum Gasteiger partial charge on any atom is -0.849 e. The van der Waals surface area contributed by atoms with Gasteiger partial charge in [0.05, 0.1) is 0 Å². The van der Waals surface area contributed by atoms with Crippen LogP contribution in [0.15, 0.2) is 11.6 Å². The van der Waals surface area contributed by atoms with Crippen molar-refractivity contribution in [3.05, 3.63) is 11.6 Å². The van der Waals surface area contributed by atoms with Gasteiger partial charge >= 0.3 is 18.9 Å². The van der Waals surface area contributed by atoms with Gasteiger partial charge in [-0.2, -0.15) is 0 Å². The second-order valence-corrected chi connectivity index (χ2v) is 2.01. The van der Waals surface area contributed by atoms with E-state index in [2.05, 4.69) is 0 Å². The van der Waals surface area contributed by atoms with Gasteiger partial charge in [0.2, 0.25) is 0 Å². The Kier molecular flexibility index (Phi) is 3.47. The van der Waals surface area contributed by atoms with Crippen LogP contribution >= 0.6 is 0 Å². The van der Waals surface area contributed by atoms with E-state index in [-0.39, 0.29) is 25.0 Å². The fourth-order valence-corrected chi connectivity index (χ4v) is 0.821. The van der Waals surface area contributed by atoms with Crippen LogP contribution in [0.5, 0.6) is 0 Å². The minimum absolute atomic E-state index is 0. The van der Waals surface area contributed by atoms with Gasteiger partial charge in [-0.05, 0) is 13.3 Å². The molecule has 8 heavy (non-hydrogen) atoms. The molecule has 0 aromatic heterocycles. The Morgan fingerprint density at radius 2 is 2.38 bits per heavy atom. The Labute approximate surface area is 62.0 Å². The molecule has 0 radical (unpaired) electrons. The minimum atomic E-state index is -0.375. The zero-order valence-corrected chi connectivity index (χ0v) is 5.48. The molecule has 0 N–H and O–H groups in total. The molecule has 0 unspecified atom stereocenters. The fourth-order valence-electron chi connectivity index (χ4n) is 0.821. The average Bonchev–Trinajstić information content (AvgIpc) is 1.91. The maximum atomic E-state index is 10.6. The van der Waals surface area contributed by atoms with Crippen LogP contribution in [-0.4, -0.2) is 6.10 Å². The Balaban J connectivity index is 0.000000490. The van der Waals surface area contributed by atoms with Crippen LogP contribution in [0.3, 0.4) is 0 Å². The fraction of sp³-hybridized carbons (Fsp3) is 0.667. The van der Waals surface area contributed by atoms with E-state index in [1.807, 2.05) is 13.0 Å². The van der Waals surface area contributed by atoms with Crippen LogP contribution in [0.4, 0.5) is 0 Å². The average molecular weight is 104 g/mol. The first-order valence-corrected chi connectivity index (χ1v) is 2.63. The van der Waals surface area contributed by atoms with Gasteiger partial charge in [-0.1, -0.05) is 18.1 Å². The Bertz CT molecular complexity index is 98.7. The van der Waals surface area contributed by atoms with Crippen LogP contribution in [0.25, 0.3) is 0 Å². The van der Waals surface area contributed by atoms with Crippen molar-refractivity contribution in [3.63, 3.8) is 0 Å². The van der Waals surface area contributed by atoms with E-state index in [1.54, 1.807) is 0 Å². The van der Waals surface area contributed by atoms with Crippen LogP contribution in [0.2, 0.25) is 0 Å². The van der Waals surface area contributed by atoms with Crippen LogP contribution in [0.1, 0.15) is 19.8 Å². The summed E-state index contributed by atoms with van der Waals surface area (Å²) in [5.41, 5.74) is 1.03. The van der Waals surface area contributed by atoms with Crippen molar-refractivity contribution >= 4 is 0 Å². The van der Waals surface area contributed by atoms with E-state index in [0.29, 0.717) is 0 Å². The molecule has 1 atom stereocenters. The molecule has 0 saturated carbocycles. The van der Waals surface area contributed by atoms with Crippen LogP contribution in [0, 0.1) is 0 Å². The van der Waals surface area contributed by atoms with E-state index in [0.717, 1.165) is 18.4 Å². The van der Waals surface area contributed by atoms with Crippen LogP contribution < -0.4 is 24.0 Å². The van der Waals surface area contributed by atoms with Gasteiger partial charge < -0.3 is 5.11 Å². The maximum absolute atomic E-state index is 10.6. The molecule has 0 heterocycles. The van der Waals surface area contributed by atoms with E-state index in [9.17, 15) is 5.11 Å². The van der Waals surface area contributed by atoms with Gasteiger partial charge in [0.25, 0.3) is 0 Å². The molecule has 1 aliphatic rings. The second-order valence-electron chi connectivity index (χ2n) is 2.01. The number of hydrogen-bond donors (Lipinski definition) is 0. The first kappa shape index (κ1) is 8.30. The molecule has 0 aromatic rings. The number of rotatable bonds is 0. The summed E-state index contributed by atoms with van der Waals surface area (Å²) < 4.78 is 0. The standard InChI is InChI=1S/C6H9O.Li/c1-5-3-2-4-6(5)7;/h3,6H,2,4H2,1H3;/q-1;+1/t6-;/m1./s1. The summed E-state index contributed by atoms with van der Waals surface area (Å²) in [5.74, 6) is 0. The van der Waals surface area contributed by atoms with E-state index in [4.69, 9.17) is 0 Å². The van der Waals surface area contributed by atoms with Gasteiger partial charge in [0, 0.05) is 0 Å². The zero-order chi connectivity index (χ0) is 5.28. The SMILES string of the molecule is CC1=CCC[C@H]1[O-].[Li+]. The van der Waals surface area contributed by atoms with Gasteiger partial charge in [-0.25, -0.2) is 0 Å². The van der Waals surface area contributed by atoms with E-state index < -0.39 is 0 Å². The van der Waals surface area contributed by atoms with E-state index >= 15 is 0 Å². The first-order chi connectivity index (χ1) is 3.30. The Morgan fingerprint density at radius 1 is 1.75 bits per heavy atom. The third-order valence-corrected chi connectivity index (χ3v) is 1.40. The molecule has 0 aromatic carbocycles. The summed E-state index contributed by atoms with van der Waals surface area (Å²) >= 11 is 0. The Morgan fingerprint density at radius 3 is 2.50 bits per heavy atom. The van der Waals surface area contributed by atoms with Crippen molar-refractivity contribution < 1.29 is 24.0 Å². The molecular formula is C6H9LiO. The molecule has 0 fully saturated rings. The van der Waals surface area contributed by atoms with Crippen molar-refractivity contribution in [3.8, 4) is 0 Å². The predicted molar refractivity (Wildman–Crippen MR) is 26.8 cm³/mol. The quantitative estimate of drug-likeness (QED) is 0.245. The second kappa shape index (κ2) is 3.35. The topological polar surface area (TPSA) is 23.1 Å². The summed E-state index contributed by atoms with van der Waals surface area (Å²) in [6.45, 7) is 1.91. The molecular weight excluding hydrogens is 95.0 g/mol. The molecule has 0 spiro atoms. The summed E-state index contributed by atoms with van der Waals surface area (Å²) in [7, 11) is 0. The van der Waals surface area contributed by atoms with Gasteiger partial charge in [-0.3, -0.25) is 0 Å².